The molecule has 25 heavy (non-hydrogen) atoms. The van der Waals surface area contributed by atoms with E-state index in [4.69, 9.17) is 23.2 Å². The maximum Gasteiger partial charge on any atom is 0.227 e. The van der Waals surface area contributed by atoms with Crippen molar-refractivity contribution in [2.75, 3.05) is 17.3 Å². The standard InChI is InChI=1S/C19H18Cl2N4/c1-13-10-18(23-15-8-9-16(20)17(21)11-15)24-19(22-13)25(2)12-14-6-4-3-5-7-14/h3-11H,12H2,1-2H3,(H,22,23,24). The lowest BCUT2D eigenvalue weighted by Crippen LogP contribution is -2.19. The summed E-state index contributed by atoms with van der Waals surface area (Å²) < 4.78 is 0. The van der Waals surface area contributed by atoms with Crippen molar-refractivity contribution in [1.29, 1.82) is 0 Å². The third-order valence-electron chi connectivity index (χ3n) is 3.64. The van der Waals surface area contributed by atoms with Crippen molar-refractivity contribution in [3.05, 3.63) is 75.9 Å². The quantitative estimate of drug-likeness (QED) is 0.644. The molecule has 0 aliphatic heterocycles. The van der Waals surface area contributed by atoms with E-state index >= 15 is 0 Å². The molecule has 0 unspecified atom stereocenters. The Kier molecular flexibility index (Phi) is 5.41. The van der Waals surface area contributed by atoms with Gasteiger partial charge in [0, 0.05) is 31.0 Å². The molecule has 0 aliphatic rings. The molecule has 0 spiro atoms. The van der Waals surface area contributed by atoms with Crippen LogP contribution in [0.15, 0.2) is 54.6 Å². The first-order valence-corrected chi connectivity index (χ1v) is 8.59. The highest BCUT2D eigenvalue weighted by Crippen LogP contribution is 2.27. The first kappa shape index (κ1) is 17.5. The van der Waals surface area contributed by atoms with Crippen molar-refractivity contribution in [3.63, 3.8) is 0 Å². The van der Waals surface area contributed by atoms with Crippen LogP contribution in [0.3, 0.4) is 0 Å². The third kappa shape index (κ3) is 4.62. The topological polar surface area (TPSA) is 41.1 Å². The highest BCUT2D eigenvalue weighted by atomic mass is 35.5. The summed E-state index contributed by atoms with van der Waals surface area (Å²) in [5.74, 6) is 1.37. The lowest BCUT2D eigenvalue weighted by Gasteiger charge is -2.18. The van der Waals surface area contributed by atoms with Gasteiger partial charge in [-0.1, -0.05) is 53.5 Å². The number of anilines is 3. The van der Waals surface area contributed by atoms with Crippen LogP contribution in [0.1, 0.15) is 11.3 Å². The van der Waals surface area contributed by atoms with Crippen LogP contribution in [0.4, 0.5) is 17.5 Å². The summed E-state index contributed by atoms with van der Waals surface area (Å²) in [4.78, 5) is 11.2. The Morgan fingerprint density at radius 3 is 2.44 bits per heavy atom. The molecule has 0 saturated carbocycles. The SMILES string of the molecule is Cc1cc(Nc2ccc(Cl)c(Cl)c2)nc(N(C)Cc2ccccc2)n1. The van der Waals surface area contributed by atoms with Crippen LogP contribution in [0.5, 0.6) is 0 Å². The fourth-order valence-electron chi connectivity index (χ4n) is 2.44. The zero-order chi connectivity index (χ0) is 17.8. The second-order valence-corrected chi connectivity index (χ2v) is 6.60. The average molecular weight is 373 g/mol. The summed E-state index contributed by atoms with van der Waals surface area (Å²) >= 11 is 12.0. The summed E-state index contributed by atoms with van der Waals surface area (Å²) in [6.07, 6.45) is 0. The molecule has 1 aromatic heterocycles. The molecule has 3 rings (SSSR count). The molecular weight excluding hydrogens is 355 g/mol. The number of hydrogen-bond donors (Lipinski definition) is 1. The van der Waals surface area contributed by atoms with Crippen molar-refractivity contribution in [3.8, 4) is 0 Å². The van der Waals surface area contributed by atoms with Crippen molar-refractivity contribution in [1.82, 2.24) is 9.97 Å². The van der Waals surface area contributed by atoms with E-state index in [0.29, 0.717) is 21.8 Å². The number of aryl methyl sites for hydroxylation is 1. The maximum absolute atomic E-state index is 6.07. The molecule has 0 amide bonds. The van der Waals surface area contributed by atoms with Gasteiger partial charge in [-0.2, -0.15) is 4.98 Å². The summed E-state index contributed by atoms with van der Waals surface area (Å²) in [6.45, 7) is 2.68. The van der Waals surface area contributed by atoms with Gasteiger partial charge in [-0.05, 0) is 30.7 Å². The van der Waals surface area contributed by atoms with Gasteiger partial charge in [0.1, 0.15) is 5.82 Å². The number of benzene rings is 2. The lowest BCUT2D eigenvalue weighted by molar-refractivity contribution is 0.861. The average Bonchev–Trinajstić information content (AvgIpc) is 2.58. The smallest absolute Gasteiger partial charge is 0.227 e. The van der Waals surface area contributed by atoms with E-state index in [9.17, 15) is 0 Å². The molecule has 3 aromatic rings. The third-order valence-corrected chi connectivity index (χ3v) is 4.38. The summed E-state index contributed by atoms with van der Waals surface area (Å²) in [7, 11) is 1.98. The Labute approximate surface area is 157 Å². The fraction of sp³-hybridized carbons (Fsp3) is 0.158. The second kappa shape index (κ2) is 7.72. The van der Waals surface area contributed by atoms with Crippen molar-refractivity contribution < 1.29 is 0 Å². The van der Waals surface area contributed by atoms with E-state index in [2.05, 4.69) is 27.4 Å². The van der Waals surface area contributed by atoms with Crippen molar-refractivity contribution >= 4 is 40.7 Å². The minimum atomic E-state index is 0.499. The number of halogens is 2. The van der Waals surface area contributed by atoms with Gasteiger partial charge >= 0.3 is 0 Å². The fourth-order valence-corrected chi connectivity index (χ4v) is 2.74. The van der Waals surface area contributed by atoms with Gasteiger partial charge < -0.3 is 10.2 Å². The van der Waals surface area contributed by atoms with E-state index in [1.807, 2.05) is 49.2 Å². The number of hydrogen-bond acceptors (Lipinski definition) is 4. The Hall–Kier alpha value is -2.30. The Morgan fingerprint density at radius 2 is 1.72 bits per heavy atom. The van der Waals surface area contributed by atoms with E-state index < -0.39 is 0 Å². The molecule has 1 N–H and O–H groups in total. The molecule has 0 atom stereocenters. The molecule has 1 heterocycles. The molecule has 2 aromatic carbocycles. The minimum Gasteiger partial charge on any atom is -0.340 e. The van der Waals surface area contributed by atoms with Crippen LogP contribution in [-0.2, 0) is 6.54 Å². The second-order valence-electron chi connectivity index (χ2n) is 5.79. The summed E-state index contributed by atoms with van der Waals surface area (Å²) in [5.41, 5.74) is 2.91. The number of nitrogens with one attached hydrogen (secondary N) is 1. The minimum absolute atomic E-state index is 0.499. The zero-order valence-corrected chi connectivity index (χ0v) is 15.5. The van der Waals surface area contributed by atoms with E-state index in [1.54, 1.807) is 12.1 Å². The Balaban J connectivity index is 1.81. The molecule has 0 bridgehead atoms. The van der Waals surface area contributed by atoms with E-state index in [-0.39, 0.29) is 0 Å². The molecular formula is C19H18Cl2N4. The van der Waals surface area contributed by atoms with Crippen molar-refractivity contribution in [2.24, 2.45) is 0 Å². The molecule has 0 saturated heterocycles. The first-order chi connectivity index (χ1) is 12.0. The van der Waals surface area contributed by atoms with Crippen molar-refractivity contribution in [2.45, 2.75) is 13.5 Å². The largest absolute Gasteiger partial charge is 0.340 e. The van der Waals surface area contributed by atoms with Crippen LogP contribution in [0.2, 0.25) is 10.0 Å². The lowest BCUT2D eigenvalue weighted by atomic mass is 10.2. The van der Waals surface area contributed by atoms with Gasteiger partial charge in [0.15, 0.2) is 0 Å². The predicted molar refractivity (Wildman–Crippen MR) is 105 cm³/mol. The summed E-state index contributed by atoms with van der Waals surface area (Å²) in [5, 5.41) is 4.27. The van der Waals surface area contributed by atoms with Gasteiger partial charge in [-0.25, -0.2) is 4.98 Å². The number of nitrogens with zero attached hydrogens (tertiary/aromatic N) is 3. The molecule has 0 aliphatic carbocycles. The summed E-state index contributed by atoms with van der Waals surface area (Å²) in [6, 6.07) is 17.5. The highest BCUT2D eigenvalue weighted by Gasteiger charge is 2.09. The monoisotopic (exact) mass is 372 g/mol. The number of aromatic nitrogens is 2. The van der Waals surface area contributed by atoms with Crippen LogP contribution in [-0.4, -0.2) is 17.0 Å². The van der Waals surface area contributed by atoms with E-state index in [1.165, 1.54) is 5.56 Å². The molecule has 0 radical (unpaired) electrons. The van der Waals surface area contributed by atoms with Crippen LogP contribution in [0, 0.1) is 6.92 Å². The van der Waals surface area contributed by atoms with Crippen LogP contribution >= 0.6 is 23.2 Å². The number of rotatable bonds is 5. The molecule has 4 nitrogen and oxygen atoms in total. The van der Waals surface area contributed by atoms with Gasteiger partial charge in [-0.15, -0.1) is 0 Å². The molecule has 128 valence electrons. The molecule has 0 fully saturated rings. The first-order valence-electron chi connectivity index (χ1n) is 7.84. The van der Waals surface area contributed by atoms with Crippen LogP contribution < -0.4 is 10.2 Å². The highest BCUT2D eigenvalue weighted by molar-refractivity contribution is 6.42. The van der Waals surface area contributed by atoms with Gasteiger partial charge in [0.25, 0.3) is 0 Å². The normalized spacial score (nSPS) is 10.6. The van der Waals surface area contributed by atoms with E-state index in [0.717, 1.165) is 17.9 Å². The molecule has 6 heteroatoms. The van der Waals surface area contributed by atoms with Crippen LogP contribution in [0.25, 0.3) is 0 Å². The Morgan fingerprint density at radius 1 is 0.960 bits per heavy atom. The maximum atomic E-state index is 6.07. The Bertz CT molecular complexity index is 869. The zero-order valence-electron chi connectivity index (χ0n) is 14.0. The van der Waals surface area contributed by atoms with Gasteiger partial charge in [-0.3, -0.25) is 0 Å². The van der Waals surface area contributed by atoms with Gasteiger partial charge in [0.2, 0.25) is 5.95 Å². The van der Waals surface area contributed by atoms with Gasteiger partial charge in [0.05, 0.1) is 10.0 Å². The predicted octanol–water partition coefficient (Wildman–Crippen LogP) is 5.47.